The maximum Gasteiger partial charge on any atom is 0.350 e. The monoisotopic (exact) mass is 237 g/mol. The molecule has 4 nitrogen and oxygen atoms in total. The van der Waals surface area contributed by atoms with Gasteiger partial charge in [0.15, 0.2) is 0 Å². The molecule has 0 bridgehead atoms. The van der Waals surface area contributed by atoms with E-state index < -0.39 is 11.7 Å². The SMILES string of the molecule is Cl.NC(O)(CCC1CCCCC1)C(=O)O. The summed E-state index contributed by atoms with van der Waals surface area (Å²) in [5, 5.41) is 17.9. The van der Waals surface area contributed by atoms with Crippen molar-refractivity contribution in [2.45, 2.75) is 50.7 Å². The van der Waals surface area contributed by atoms with Crippen LogP contribution in [-0.2, 0) is 4.79 Å². The number of nitrogens with two attached hydrogens (primary N) is 1. The maximum absolute atomic E-state index is 10.5. The molecule has 0 aliphatic heterocycles. The fraction of sp³-hybridized carbons (Fsp3) is 0.900. The number of halogens is 1. The van der Waals surface area contributed by atoms with Crippen LogP contribution in [-0.4, -0.2) is 21.9 Å². The Hall–Kier alpha value is -0.320. The molecule has 90 valence electrons. The first-order valence-electron chi connectivity index (χ1n) is 5.27. The Morgan fingerprint density at radius 1 is 1.33 bits per heavy atom. The van der Waals surface area contributed by atoms with E-state index in [-0.39, 0.29) is 18.8 Å². The molecular formula is C10H20ClNO3. The van der Waals surface area contributed by atoms with Gasteiger partial charge in [0, 0.05) is 6.42 Å². The third-order valence-electron chi connectivity index (χ3n) is 3.03. The van der Waals surface area contributed by atoms with Gasteiger partial charge < -0.3 is 10.2 Å². The second kappa shape index (κ2) is 6.30. The Morgan fingerprint density at radius 3 is 2.33 bits per heavy atom. The maximum atomic E-state index is 10.5. The van der Waals surface area contributed by atoms with E-state index in [2.05, 4.69) is 0 Å². The molecule has 1 rings (SSSR count). The molecule has 1 saturated carbocycles. The van der Waals surface area contributed by atoms with Gasteiger partial charge in [0.25, 0.3) is 0 Å². The van der Waals surface area contributed by atoms with E-state index in [4.69, 9.17) is 10.8 Å². The summed E-state index contributed by atoms with van der Waals surface area (Å²) < 4.78 is 0. The molecule has 4 N–H and O–H groups in total. The number of hydrogen-bond donors (Lipinski definition) is 3. The summed E-state index contributed by atoms with van der Waals surface area (Å²) in [7, 11) is 0. The molecule has 0 aromatic heterocycles. The Balaban J connectivity index is 0.00000196. The highest BCUT2D eigenvalue weighted by molar-refractivity contribution is 5.85. The van der Waals surface area contributed by atoms with E-state index in [0.29, 0.717) is 5.92 Å². The normalized spacial score (nSPS) is 21.5. The van der Waals surface area contributed by atoms with Gasteiger partial charge in [-0.2, -0.15) is 0 Å². The summed E-state index contributed by atoms with van der Waals surface area (Å²) in [6.45, 7) is 0. The summed E-state index contributed by atoms with van der Waals surface area (Å²) in [6.07, 6.45) is 6.90. The molecule has 0 aromatic rings. The van der Waals surface area contributed by atoms with E-state index in [1.165, 1.54) is 19.3 Å². The molecule has 1 atom stereocenters. The minimum Gasteiger partial charge on any atom is -0.478 e. The van der Waals surface area contributed by atoms with Crippen LogP contribution in [0.3, 0.4) is 0 Å². The van der Waals surface area contributed by atoms with Gasteiger partial charge in [0.05, 0.1) is 0 Å². The number of hydrogen-bond acceptors (Lipinski definition) is 3. The molecule has 0 aromatic carbocycles. The number of carboxylic acids is 1. The van der Waals surface area contributed by atoms with Crippen LogP contribution in [0.25, 0.3) is 0 Å². The average Bonchev–Trinajstić information content (AvgIpc) is 2.16. The minimum atomic E-state index is -2.03. The van der Waals surface area contributed by atoms with Crippen molar-refractivity contribution < 1.29 is 15.0 Å². The molecule has 1 aliphatic rings. The quantitative estimate of drug-likeness (QED) is 0.647. The van der Waals surface area contributed by atoms with Gasteiger partial charge in [-0.25, -0.2) is 4.79 Å². The zero-order valence-corrected chi connectivity index (χ0v) is 9.63. The largest absolute Gasteiger partial charge is 0.478 e. The third kappa shape index (κ3) is 4.82. The van der Waals surface area contributed by atoms with Crippen LogP contribution in [0.1, 0.15) is 44.9 Å². The van der Waals surface area contributed by atoms with Crippen LogP contribution in [0, 0.1) is 5.92 Å². The van der Waals surface area contributed by atoms with Crippen LogP contribution in [0.15, 0.2) is 0 Å². The third-order valence-corrected chi connectivity index (χ3v) is 3.03. The summed E-state index contributed by atoms with van der Waals surface area (Å²) in [4.78, 5) is 10.5. The zero-order chi connectivity index (χ0) is 10.6. The van der Waals surface area contributed by atoms with E-state index >= 15 is 0 Å². The smallest absolute Gasteiger partial charge is 0.350 e. The molecule has 0 heterocycles. The van der Waals surface area contributed by atoms with Crippen molar-refractivity contribution in [3.05, 3.63) is 0 Å². The second-order valence-electron chi connectivity index (χ2n) is 4.27. The fourth-order valence-electron chi connectivity index (χ4n) is 2.01. The first-order chi connectivity index (χ1) is 6.52. The van der Waals surface area contributed by atoms with Crippen molar-refractivity contribution in [1.82, 2.24) is 0 Å². The molecule has 1 aliphatic carbocycles. The van der Waals surface area contributed by atoms with Crippen molar-refractivity contribution in [2.24, 2.45) is 11.7 Å². The number of rotatable bonds is 4. The molecular weight excluding hydrogens is 218 g/mol. The van der Waals surface area contributed by atoms with Gasteiger partial charge in [0.1, 0.15) is 0 Å². The summed E-state index contributed by atoms with van der Waals surface area (Å²) in [5.74, 6) is -0.772. The van der Waals surface area contributed by atoms with Crippen LogP contribution in [0.2, 0.25) is 0 Å². The lowest BCUT2D eigenvalue weighted by Gasteiger charge is -2.24. The molecule has 0 radical (unpaired) electrons. The van der Waals surface area contributed by atoms with Crippen molar-refractivity contribution >= 4 is 18.4 Å². The van der Waals surface area contributed by atoms with Gasteiger partial charge in [-0.15, -0.1) is 12.4 Å². The fourth-order valence-corrected chi connectivity index (χ4v) is 2.01. The summed E-state index contributed by atoms with van der Waals surface area (Å²) in [5.41, 5.74) is 3.20. The van der Waals surface area contributed by atoms with Crippen molar-refractivity contribution in [1.29, 1.82) is 0 Å². The lowest BCUT2D eigenvalue weighted by molar-refractivity contribution is -0.159. The second-order valence-corrected chi connectivity index (χ2v) is 4.27. The minimum absolute atomic E-state index is 0. The van der Waals surface area contributed by atoms with E-state index in [0.717, 1.165) is 19.3 Å². The van der Waals surface area contributed by atoms with E-state index in [1.807, 2.05) is 0 Å². The summed E-state index contributed by atoms with van der Waals surface area (Å²) >= 11 is 0. The Labute approximate surface area is 96.3 Å². The van der Waals surface area contributed by atoms with Gasteiger partial charge in [-0.1, -0.05) is 32.1 Å². The standard InChI is InChI=1S/C10H19NO3.ClH/c11-10(14,9(12)13)7-6-8-4-2-1-3-5-8;/h8,14H,1-7,11H2,(H,12,13);1H. The first kappa shape index (κ1) is 14.7. The van der Waals surface area contributed by atoms with Crippen molar-refractivity contribution in [2.75, 3.05) is 0 Å². The Morgan fingerprint density at radius 2 is 1.87 bits per heavy atom. The predicted molar refractivity (Wildman–Crippen MR) is 59.8 cm³/mol. The van der Waals surface area contributed by atoms with Gasteiger partial charge in [-0.05, 0) is 12.3 Å². The Bertz CT molecular complexity index is 203. The summed E-state index contributed by atoms with van der Waals surface area (Å²) in [6, 6.07) is 0. The number of carbonyl (C=O) groups is 1. The van der Waals surface area contributed by atoms with Gasteiger partial charge in [-0.3, -0.25) is 5.73 Å². The first-order valence-corrected chi connectivity index (χ1v) is 5.27. The molecule has 0 spiro atoms. The van der Waals surface area contributed by atoms with E-state index in [9.17, 15) is 9.90 Å². The van der Waals surface area contributed by atoms with Gasteiger partial charge >= 0.3 is 5.97 Å². The van der Waals surface area contributed by atoms with Crippen molar-refractivity contribution in [3.8, 4) is 0 Å². The molecule has 0 saturated heterocycles. The molecule has 1 fully saturated rings. The number of carboxylic acid groups (broad SMARTS) is 1. The lowest BCUT2D eigenvalue weighted by Crippen LogP contribution is -2.48. The number of aliphatic carboxylic acids is 1. The molecule has 15 heavy (non-hydrogen) atoms. The predicted octanol–water partition coefficient (Wildman–Crippen LogP) is 1.50. The average molecular weight is 238 g/mol. The van der Waals surface area contributed by atoms with Crippen molar-refractivity contribution in [3.63, 3.8) is 0 Å². The Kier molecular flexibility index (Phi) is 6.17. The molecule has 1 unspecified atom stereocenters. The number of aliphatic hydroxyl groups is 1. The molecule has 0 amide bonds. The van der Waals surface area contributed by atoms with Crippen LogP contribution < -0.4 is 5.73 Å². The zero-order valence-electron chi connectivity index (χ0n) is 8.82. The lowest BCUT2D eigenvalue weighted by atomic mass is 9.85. The van der Waals surface area contributed by atoms with Gasteiger partial charge in [0.2, 0.25) is 5.72 Å². The highest BCUT2D eigenvalue weighted by Crippen LogP contribution is 2.28. The highest BCUT2D eigenvalue weighted by atomic mass is 35.5. The van der Waals surface area contributed by atoms with Crippen LogP contribution in [0.4, 0.5) is 0 Å². The van der Waals surface area contributed by atoms with Crippen LogP contribution >= 0.6 is 12.4 Å². The van der Waals surface area contributed by atoms with Crippen LogP contribution in [0.5, 0.6) is 0 Å². The molecule has 5 heteroatoms. The topological polar surface area (TPSA) is 83.5 Å². The van der Waals surface area contributed by atoms with E-state index in [1.54, 1.807) is 0 Å². The highest BCUT2D eigenvalue weighted by Gasteiger charge is 2.31.